The Morgan fingerprint density at radius 1 is 1.16 bits per heavy atom. The van der Waals surface area contributed by atoms with Crippen LogP contribution in [0.3, 0.4) is 0 Å². The first-order chi connectivity index (χ1) is 15.2. The molecule has 32 heavy (non-hydrogen) atoms. The van der Waals surface area contributed by atoms with Crippen molar-refractivity contribution in [3.63, 3.8) is 0 Å². The average molecular weight is 464 g/mol. The van der Waals surface area contributed by atoms with Gasteiger partial charge in [0.2, 0.25) is 15.6 Å². The molecule has 1 aliphatic heterocycles. The second-order valence-electron chi connectivity index (χ2n) is 7.61. The first-order valence-electron chi connectivity index (χ1n) is 10.9. The van der Waals surface area contributed by atoms with Gasteiger partial charge in [0, 0.05) is 36.6 Å². The quantitative estimate of drug-likeness (QED) is 0.629. The van der Waals surface area contributed by atoms with Crippen molar-refractivity contribution in [1.82, 2.24) is 14.2 Å². The van der Waals surface area contributed by atoms with E-state index in [0.29, 0.717) is 37.0 Å². The van der Waals surface area contributed by atoms with Crippen LogP contribution in [0.15, 0.2) is 34.0 Å². The number of sulfonamides is 1. The number of ether oxygens (including phenoxy) is 1. The fraction of sp³-hybridized carbons (Fsp3) is 0.500. The smallest absolute Gasteiger partial charge is 0.328 e. The third-order valence-electron chi connectivity index (χ3n) is 5.71. The van der Waals surface area contributed by atoms with E-state index in [1.807, 2.05) is 0 Å². The van der Waals surface area contributed by atoms with Crippen LogP contribution in [0, 0.1) is 0 Å². The predicted octanol–water partition coefficient (Wildman–Crippen LogP) is 2.12. The van der Waals surface area contributed by atoms with Gasteiger partial charge in [0.15, 0.2) is 0 Å². The zero-order chi connectivity index (χ0) is 23.5. The zero-order valence-corrected chi connectivity index (χ0v) is 19.4. The number of amides is 1. The molecular formula is C22H29N3O6S. The van der Waals surface area contributed by atoms with Gasteiger partial charge in [0.05, 0.1) is 17.1 Å². The van der Waals surface area contributed by atoms with Crippen molar-refractivity contribution in [2.45, 2.75) is 51.0 Å². The molecule has 1 aliphatic rings. The third kappa shape index (κ3) is 4.56. The highest BCUT2D eigenvalue weighted by Gasteiger charge is 2.34. The van der Waals surface area contributed by atoms with Crippen molar-refractivity contribution in [2.75, 3.05) is 26.2 Å². The second-order valence-corrected chi connectivity index (χ2v) is 9.54. The number of hydrogen-bond donors (Lipinski definition) is 1. The van der Waals surface area contributed by atoms with Crippen molar-refractivity contribution in [3.8, 4) is 0 Å². The van der Waals surface area contributed by atoms with Gasteiger partial charge in [-0.1, -0.05) is 13.8 Å². The lowest BCUT2D eigenvalue weighted by Gasteiger charge is -2.34. The molecule has 1 aromatic heterocycles. The number of nitrogens with one attached hydrogen (secondary N) is 1. The van der Waals surface area contributed by atoms with Crippen LogP contribution in [-0.4, -0.2) is 66.8 Å². The molecule has 0 bridgehead atoms. The Labute approximate surface area is 187 Å². The highest BCUT2D eigenvalue weighted by atomic mass is 32.2. The van der Waals surface area contributed by atoms with Crippen LogP contribution in [0.4, 0.5) is 0 Å². The summed E-state index contributed by atoms with van der Waals surface area (Å²) in [4.78, 5) is 42.3. The summed E-state index contributed by atoms with van der Waals surface area (Å²) in [5.41, 5.74) is -0.0644. The van der Waals surface area contributed by atoms with Gasteiger partial charge in [-0.05, 0) is 44.4 Å². The summed E-state index contributed by atoms with van der Waals surface area (Å²) in [5.74, 6) is -0.962. The van der Waals surface area contributed by atoms with Crippen molar-refractivity contribution >= 4 is 32.8 Å². The number of nitrogens with zero attached hydrogens (tertiary/aromatic N) is 2. The molecule has 2 aromatic rings. The fourth-order valence-corrected chi connectivity index (χ4v) is 5.58. The van der Waals surface area contributed by atoms with Gasteiger partial charge in [-0.25, -0.2) is 13.2 Å². The Bertz CT molecular complexity index is 1170. The Kier molecular flexibility index (Phi) is 7.35. The highest BCUT2D eigenvalue weighted by molar-refractivity contribution is 7.89. The molecule has 1 fully saturated rings. The normalized spacial score (nSPS) is 17.0. The minimum Gasteiger partial charge on any atom is -0.464 e. The highest BCUT2D eigenvalue weighted by Crippen LogP contribution is 2.26. The largest absolute Gasteiger partial charge is 0.464 e. The zero-order valence-electron chi connectivity index (χ0n) is 18.6. The number of esters is 1. The molecule has 0 aliphatic carbocycles. The van der Waals surface area contributed by atoms with Gasteiger partial charge in [-0.15, -0.1) is 0 Å². The summed E-state index contributed by atoms with van der Waals surface area (Å²) >= 11 is 0. The molecule has 0 radical (unpaired) electrons. The van der Waals surface area contributed by atoms with Crippen LogP contribution in [0.1, 0.15) is 50.4 Å². The molecule has 1 amide bonds. The van der Waals surface area contributed by atoms with E-state index in [2.05, 4.69) is 4.98 Å². The number of aromatic nitrogens is 1. The maximum atomic E-state index is 13.5. The Balaban J connectivity index is 2.12. The van der Waals surface area contributed by atoms with E-state index in [1.165, 1.54) is 27.4 Å². The molecule has 0 spiro atoms. The van der Waals surface area contributed by atoms with Crippen LogP contribution in [0.2, 0.25) is 0 Å². The van der Waals surface area contributed by atoms with Crippen LogP contribution in [0.5, 0.6) is 0 Å². The van der Waals surface area contributed by atoms with E-state index in [1.54, 1.807) is 20.8 Å². The van der Waals surface area contributed by atoms with E-state index < -0.39 is 33.5 Å². The Morgan fingerprint density at radius 3 is 2.53 bits per heavy atom. The number of hydrogen-bond acceptors (Lipinski definition) is 6. The third-order valence-corrected chi connectivity index (χ3v) is 7.76. The Hall–Kier alpha value is -2.72. The van der Waals surface area contributed by atoms with Crippen molar-refractivity contribution in [2.24, 2.45) is 0 Å². The summed E-state index contributed by atoms with van der Waals surface area (Å²) in [5, 5.41) is 0.316. The first kappa shape index (κ1) is 23.9. The van der Waals surface area contributed by atoms with Crippen molar-refractivity contribution in [3.05, 3.63) is 40.2 Å². The minimum atomic E-state index is -3.76. The molecule has 1 N–H and O–H groups in total. The number of benzene rings is 1. The number of fused-ring (bicyclic) bond motifs is 1. The number of likely N-dealkylation sites (tertiary alicyclic amines) is 1. The molecule has 1 saturated heterocycles. The molecule has 1 atom stereocenters. The molecule has 3 rings (SSSR count). The number of carbonyl (C=O) groups excluding carboxylic acids is 2. The number of rotatable bonds is 7. The number of aromatic amines is 1. The standard InChI is InChI=1S/C22H29N3O6S/c1-4-24(5-2)32(29,30)15-10-11-18-16(13-15)17(14-20(26)23-18)21(27)25-12-8-7-9-19(25)22(28)31-6-3/h10-11,13-14,19H,4-9,12H2,1-3H3,(H,23,26). The van der Waals surface area contributed by atoms with Gasteiger partial charge in [0.1, 0.15) is 6.04 Å². The molecule has 9 nitrogen and oxygen atoms in total. The summed E-state index contributed by atoms with van der Waals surface area (Å²) in [7, 11) is -3.76. The van der Waals surface area contributed by atoms with Gasteiger partial charge < -0.3 is 14.6 Å². The molecule has 2 heterocycles. The molecule has 1 aromatic carbocycles. The lowest BCUT2D eigenvalue weighted by Crippen LogP contribution is -2.48. The number of pyridine rings is 1. The fourth-order valence-electron chi connectivity index (χ4n) is 4.10. The first-order valence-corrected chi connectivity index (χ1v) is 12.3. The molecule has 174 valence electrons. The van der Waals surface area contributed by atoms with E-state index >= 15 is 0 Å². The Morgan fingerprint density at radius 2 is 1.88 bits per heavy atom. The van der Waals surface area contributed by atoms with Crippen molar-refractivity contribution < 1.29 is 22.7 Å². The molecule has 0 saturated carbocycles. The molecule has 1 unspecified atom stereocenters. The van der Waals surface area contributed by atoms with Crippen LogP contribution in [-0.2, 0) is 19.6 Å². The predicted molar refractivity (Wildman–Crippen MR) is 120 cm³/mol. The van der Waals surface area contributed by atoms with Crippen molar-refractivity contribution in [1.29, 1.82) is 0 Å². The topological polar surface area (TPSA) is 117 Å². The van der Waals surface area contributed by atoms with Gasteiger partial charge in [-0.3, -0.25) is 9.59 Å². The van der Waals surface area contributed by atoms with Gasteiger partial charge in [-0.2, -0.15) is 4.31 Å². The molecular weight excluding hydrogens is 434 g/mol. The minimum absolute atomic E-state index is 0.0374. The number of H-pyrrole nitrogens is 1. The maximum absolute atomic E-state index is 13.5. The van der Waals surface area contributed by atoms with E-state index in [-0.39, 0.29) is 17.1 Å². The van der Waals surface area contributed by atoms with E-state index in [4.69, 9.17) is 4.74 Å². The van der Waals surface area contributed by atoms with Gasteiger partial charge >= 0.3 is 5.97 Å². The monoisotopic (exact) mass is 463 g/mol. The van der Waals surface area contributed by atoms with Gasteiger partial charge in [0.25, 0.3) is 5.91 Å². The van der Waals surface area contributed by atoms with Crippen LogP contribution in [0.25, 0.3) is 10.9 Å². The summed E-state index contributed by atoms with van der Waals surface area (Å²) in [6.07, 6.45) is 1.99. The lowest BCUT2D eigenvalue weighted by atomic mass is 9.99. The number of carbonyl (C=O) groups is 2. The molecule has 10 heteroatoms. The second kappa shape index (κ2) is 9.83. The van der Waals surface area contributed by atoms with E-state index in [9.17, 15) is 22.8 Å². The summed E-state index contributed by atoms with van der Waals surface area (Å²) in [6.45, 7) is 6.38. The maximum Gasteiger partial charge on any atom is 0.328 e. The lowest BCUT2D eigenvalue weighted by molar-refractivity contribution is -0.149. The summed E-state index contributed by atoms with van der Waals surface area (Å²) < 4.78 is 32.5. The van der Waals surface area contributed by atoms with E-state index in [0.717, 1.165) is 18.9 Å². The SMILES string of the molecule is CCOC(=O)C1CCCCN1C(=O)c1cc(=O)[nH]c2ccc(S(=O)(=O)N(CC)CC)cc12. The summed E-state index contributed by atoms with van der Waals surface area (Å²) in [6, 6.07) is 4.75. The number of piperidine rings is 1. The van der Waals surface area contributed by atoms with Crippen LogP contribution < -0.4 is 5.56 Å². The average Bonchev–Trinajstić information content (AvgIpc) is 2.78. The van der Waals surface area contributed by atoms with Crippen LogP contribution >= 0.6 is 0 Å².